The zero-order valence-electron chi connectivity index (χ0n) is 11.9. The Morgan fingerprint density at radius 3 is 2.00 bits per heavy atom. The van der Waals surface area contributed by atoms with Crippen LogP contribution in [0.2, 0.25) is 0 Å². The van der Waals surface area contributed by atoms with Gasteiger partial charge in [0.25, 0.3) is 0 Å². The molecule has 22 heavy (non-hydrogen) atoms. The summed E-state index contributed by atoms with van der Waals surface area (Å²) < 4.78 is 48.0. The Morgan fingerprint density at radius 1 is 0.955 bits per heavy atom. The SMILES string of the molecule is COc1ccc(OCC(N)c2ccc(C(F)(F)F)cc2)cc1. The van der Waals surface area contributed by atoms with Gasteiger partial charge >= 0.3 is 6.18 Å². The average molecular weight is 311 g/mol. The summed E-state index contributed by atoms with van der Waals surface area (Å²) in [5.41, 5.74) is 5.82. The van der Waals surface area contributed by atoms with E-state index in [0.717, 1.165) is 12.1 Å². The molecule has 2 aromatic rings. The van der Waals surface area contributed by atoms with Crippen LogP contribution in [-0.2, 0) is 6.18 Å². The Bertz CT molecular complexity index is 594. The van der Waals surface area contributed by atoms with Crippen molar-refractivity contribution in [2.24, 2.45) is 5.73 Å². The van der Waals surface area contributed by atoms with Crippen LogP contribution in [0.1, 0.15) is 17.2 Å². The van der Waals surface area contributed by atoms with Gasteiger partial charge in [-0.2, -0.15) is 13.2 Å². The molecule has 2 N–H and O–H groups in total. The van der Waals surface area contributed by atoms with Crippen LogP contribution >= 0.6 is 0 Å². The molecule has 0 spiro atoms. The first-order valence-electron chi connectivity index (χ1n) is 6.60. The third kappa shape index (κ3) is 4.14. The van der Waals surface area contributed by atoms with Crippen LogP contribution < -0.4 is 15.2 Å². The maximum Gasteiger partial charge on any atom is 0.416 e. The van der Waals surface area contributed by atoms with Gasteiger partial charge in [0.05, 0.1) is 18.7 Å². The fourth-order valence-electron chi connectivity index (χ4n) is 1.87. The summed E-state index contributed by atoms with van der Waals surface area (Å²) in [7, 11) is 1.57. The van der Waals surface area contributed by atoms with Gasteiger partial charge in [-0.05, 0) is 42.0 Å². The molecule has 0 aliphatic carbocycles. The summed E-state index contributed by atoms with van der Waals surface area (Å²) in [6.45, 7) is 0.164. The standard InChI is InChI=1S/C16H16F3NO2/c1-21-13-6-8-14(9-7-13)22-10-15(20)11-2-4-12(5-3-11)16(17,18)19/h2-9,15H,10,20H2,1H3. The van der Waals surface area contributed by atoms with E-state index in [1.807, 2.05) is 0 Å². The maximum absolute atomic E-state index is 12.5. The Hall–Kier alpha value is -2.21. The van der Waals surface area contributed by atoms with Crippen LogP contribution in [0.15, 0.2) is 48.5 Å². The summed E-state index contributed by atoms with van der Waals surface area (Å²) >= 11 is 0. The van der Waals surface area contributed by atoms with Gasteiger partial charge < -0.3 is 15.2 Å². The molecule has 0 aliphatic heterocycles. The molecule has 1 atom stereocenters. The molecule has 0 saturated carbocycles. The van der Waals surface area contributed by atoms with Crippen LogP contribution in [0.3, 0.4) is 0 Å². The van der Waals surface area contributed by atoms with Crippen molar-refractivity contribution < 1.29 is 22.6 Å². The Labute approximate surface area is 126 Å². The molecular weight excluding hydrogens is 295 g/mol. The van der Waals surface area contributed by atoms with E-state index in [2.05, 4.69) is 0 Å². The second-order valence-corrected chi connectivity index (χ2v) is 4.71. The van der Waals surface area contributed by atoms with Gasteiger partial charge in [-0.3, -0.25) is 0 Å². The van der Waals surface area contributed by atoms with Gasteiger partial charge in [0.2, 0.25) is 0 Å². The quantitative estimate of drug-likeness (QED) is 0.913. The first-order chi connectivity index (χ1) is 10.4. The first-order valence-corrected chi connectivity index (χ1v) is 6.60. The van der Waals surface area contributed by atoms with E-state index in [1.54, 1.807) is 31.4 Å². The molecule has 0 aromatic heterocycles. The normalized spacial score (nSPS) is 12.8. The lowest BCUT2D eigenvalue weighted by Gasteiger charge is -2.15. The predicted molar refractivity (Wildman–Crippen MR) is 76.9 cm³/mol. The van der Waals surface area contributed by atoms with Crippen molar-refractivity contribution in [2.75, 3.05) is 13.7 Å². The lowest BCUT2D eigenvalue weighted by Crippen LogP contribution is -2.19. The Morgan fingerprint density at radius 2 is 1.50 bits per heavy atom. The number of ether oxygens (including phenoxy) is 2. The number of benzene rings is 2. The van der Waals surface area contributed by atoms with Gasteiger partial charge in [0.1, 0.15) is 18.1 Å². The molecular formula is C16H16F3NO2. The van der Waals surface area contributed by atoms with Gasteiger partial charge in [0.15, 0.2) is 0 Å². The second-order valence-electron chi connectivity index (χ2n) is 4.71. The van der Waals surface area contributed by atoms with Crippen LogP contribution in [0.5, 0.6) is 11.5 Å². The summed E-state index contributed by atoms with van der Waals surface area (Å²) in [5, 5.41) is 0. The van der Waals surface area contributed by atoms with E-state index >= 15 is 0 Å². The lowest BCUT2D eigenvalue weighted by atomic mass is 10.1. The highest BCUT2D eigenvalue weighted by Gasteiger charge is 2.30. The van der Waals surface area contributed by atoms with Gasteiger partial charge in [-0.1, -0.05) is 12.1 Å². The van der Waals surface area contributed by atoms with E-state index < -0.39 is 17.8 Å². The molecule has 0 bridgehead atoms. The number of nitrogens with two attached hydrogens (primary N) is 1. The molecule has 1 unspecified atom stereocenters. The van der Waals surface area contributed by atoms with Crippen molar-refractivity contribution in [2.45, 2.75) is 12.2 Å². The molecule has 2 rings (SSSR count). The fourth-order valence-corrected chi connectivity index (χ4v) is 1.87. The molecule has 2 aromatic carbocycles. The zero-order valence-corrected chi connectivity index (χ0v) is 11.9. The summed E-state index contributed by atoms with van der Waals surface area (Å²) in [6, 6.07) is 11.2. The molecule has 118 valence electrons. The van der Waals surface area contributed by atoms with Crippen molar-refractivity contribution in [1.29, 1.82) is 0 Å². The molecule has 0 fully saturated rings. The highest BCUT2D eigenvalue weighted by atomic mass is 19.4. The molecule has 3 nitrogen and oxygen atoms in total. The largest absolute Gasteiger partial charge is 0.497 e. The highest BCUT2D eigenvalue weighted by Crippen LogP contribution is 2.29. The van der Waals surface area contributed by atoms with E-state index in [4.69, 9.17) is 15.2 Å². The van der Waals surface area contributed by atoms with Crippen LogP contribution in [0.25, 0.3) is 0 Å². The zero-order chi connectivity index (χ0) is 16.2. The summed E-state index contributed by atoms with van der Waals surface area (Å²) in [6.07, 6.45) is -4.35. The average Bonchev–Trinajstić information content (AvgIpc) is 2.52. The van der Waals surface area contributed by atoms with Crippen molar-refractivity contribution in [1.82, 2.24) is 0 Å². The van der Waals surface area contributed by atoms with Crippen LogP contribution in [0, 0.1) is 0 Å². The number of hydrogen-bond acceptors (Lipinski definition) is 3. The molecule has 0 saturated heterocycles. The van der Waals surface area contributed by atoms with Crippen LogP contribution in [0.4, 0.5) is 13.2 Å². The number of methoxy groups -OCH3 is 1. The fraction of sp³-hybridized carbons (Fsp3) is 0.250. The van der Waals surface area contributed by atoms with E-state index in [-0.39, 0.29) is 6.61 Å². The Balaban J connectivity index is 1.95. The minimum atomic E-state index is -4.35. The van der Waals surface area contributed by atoms with E-state index in [0.29, 0.717) is 17.1 Å². The first kappa shape index (κ1) is 16.2. The van der Waals surface area contributed by atoms with Gasteiger partial charge in [-0.25, -0.2) is 0 Å². The number of hydrogen-bond donors (Lipinski definition) is 1. The highest BCUT2D eigenvalue weighted by molar-refractivity contribution is 5.31. The number of alkyl halides is 3. The molecule has 0 amide bonds. The van der Waals surface area contributed by atoms with Crippen molar-refractivity contribution in [3.05, 3.63) is 59.7 Å². The smallest absolute Gasteiger partial charge is 0.416 e. The Kier molecular flexibility index (Phi) is 4.92. The maximum atomic E-state index is 12.5. The minimum absolute atomic E-state index is 0.164. The number of halogens is 3. The monoisotopic (exact) mass is 311 g/mol. The van der Waals surface area contributed by atoms with Crippen molar-refractivity contribution in [3.63, 3.8) is 0 Å². The van der Waals surface area contributed by atoms with E-state index in [1.165, 1.54) is 12.1 Å². The molecule has 0 heterocycles. The van der Waals surface area contributed by atoms with Crippen molar-refractivity contribution >= 4 is 0 Å². The predicted octanol–water partition coefficient (Wildman–Crippen LogP) is 3.79. The molecule has 0 aliphatic rings. The lowest BCUT2D eigenvalue weighted by molar-refractivity contribution is -0.137. The second kappa shape index (κ2) is 6.70. The summed E-state index contributed by atoms with van der Waals surface area (Å²) in [4.78, 5) is 0. The molecule has 6 heteroatoms. The van der Waals surface area contributed by atoms with Crippen LogP contribution in [-0.4, -0.2) is 13.7 Å². The van der Waals surface area contributed by atoms with Crippen molar-refractivity contribution in [3.8, 4) is 11.5 Å². The molecule has 0 radical (unpaired) electrons. The van der Waals surface area contributed by atoms with Gasteiger partial charge in [-0.15, -0.1) is 0 Å². The minimum Gasteiger partial charge on any atom is -0.497 e. The van der Waals surface area contributed by atoms with Gasteiger partial charge in [0, 0.05) is 0 Å². The van der Waals surface area contributed by atoms with E-state index in [9.17, 15) is 13.2 Å². The summed E-state index contributed by atoms with van der Waals surface area (Å²) in [5.74, 6) is 1.32. The number of rotatable bonds is 5. The topological polar surface area (TPSA) is 44.5 Å². The third-order valence-corrected chi connectivity index (χ3v) is 3.16. The third-order valence-electron chi connectivity index (χ3n) is 3.16.